The highest BCUT2D eigenvalue weighted by Crippen LogP contribution is 2.39. The first-order valence-electron chi connectivity index (χ1n) is 9.37. The van der Waals surface area contributed by atoms with Crippen LogP contribution in [-0.4, -0.2) is 52.6 Å². The van der Waals surface area contributed by atoms with E-state index in [1.165, 1.54) is 25.5 Å². The number of rotatable bonds is 9. The van der Waals surface area contributed by atoms with Crippen LogP contribution in [0.4, 0.5) is 0 Å². The maximum Gasteiger partial charge on any atom is 0.341 e. The zero-order valence-electron chi connectivity index (χ0n) is 16.1. The molecule has 3 heterocycles. The number of hydrogen-bond donors (Lipinski definition) is 0. The zero-order valence-corrected chi connectivity index (χ0v) is 16.1. The van der Waals surface area contributed by atoms with Crippen molar-refractivity contribution in [1.29, 1.82) is 0 Å². The summed E-state index contributed by atoms with van der Waals surface area (Å²) in [5, 5.41) is 4.50. The van der Waals surface area contributed by atoms with Crippen LogP contribution in [0.1, 0.15) is 46.1 Å². The Bertz CT molecular complexity index is 974. The molecule has 3 aromatic rings. The van der Waals surface area contributed by atoms with Crippen LogP contribution in [-0.2, 0) is 27.4 Å². The number of hydrogen-bond acceptors (Lipinski definition) is 6. The van der Waals surface area contributed by atoms with E-state index in [1.54, 1.807) is 18.0 Å². The third kappa shape index (κ3) is 4.07. The monoisotopic (exact) mass is 384 g/mol. The van der Waals surface area contributed by atoms with Gasteiger partial charge in [0, 0.05) is 25.7 Å². The summed E-state index contributed by atoms with van der Waals surface area (Å²) >= 11 is 0. The topological polar surface area (TPSA) is 79.9 Å². The van der Waals surface area contributed by atoms with Gasteiger partial charge in [-0.2, -0.15) is 5.10 Å². The van der Waals surface area contributed by atoms with Gasteiger partial charge in [-0.1, -0.05) is 6.07 Å². The molecule has 0 spiro atoms. The van der Waals surface area contributed by atoms with Crippen LogP contribution in [0, 0.1) is 0 Å². The number of methoxy groups -OCH3 is 2. The van der Waals surface area contributed by atoms with E-state index in [0.717, 1.165) is 11.3 Å². The quantitative estimate of drug-likeness (QED) is 0.416. The molecule has 1 saturated carbocycles. The van der Waals surface area contributed by atoms with Crippen LogP contribution < -0.4 is 0 Å². The Morgan fingerprint density at radius 1 is 1.18 bits per heavy atom. The minimum atomic E-state index is -0.430. The predicted molar refractivity (Wildman–Crippen MR) is 101 cm³/mol. The third-order valence-corrected chi connectivity index (χ3v) is 4.81. The Morgan fingerprint density at radius 2 is 2.04 bits per heavy atom. The van der Waals surface area contributed by atoms with Gasteiger partial charge in [0.25, 0.3) is 0 Å². The molecule has 0 aliphatic heterocycles. The fourth-order valence-corrected chi connectivity index (χ4v) is 3.20. The maximum atomic E-state index is 12.1. The summed E-state index contributed by atoms with van der Waals surface area (Å²) in [6.45, 7) is 1.59. The Labute approximate surface area is 163 Å². The molecule has 8 nitrogen and oxygen atoms in total. The number of carbonyl (C=O) groups is 1. The minimum absolute atomic E-state index is 0.219. The molecule has 1 aliphatic carbocycles. The molecule has 0 unspecified atom stereocenters. The Balaban J connectivity index is 1.52. The van der Waals surface area contributed by atoms with Gasteiger partial charge in [-0.05, 0) is 30.4 Å². The van der Waals surface area contributed by atoms with Gasteiger partial charge in [0.15, 0.2) is 0 Å². The van der Waals surface area contributed by atoms with E-state index >= 15 is 0 Å². The van der Waals surface area contributed by atoms with Gasteiger partial charge in [0.2, 0.25) is 0 Å². The summed E-state index contributed by atoms with van der Waals surface area (Å²) in [6, 6.07) is 4.21. The van der Waals surface area contributed by atoms with Crippen molar-refractivity contribution in [3.63, 3.8) is 0 Å². The molecule has 0 aromatic carbocycles. The van der Waals surface area contributed by atoms with Crippen molar-refractivity contribution >= 4 is 11.6 Å². The van der Waals surface area contributed by atoms with Crippen LogP contribution in [0.15, 0.2) is 30.7 Å². The van der Waals surface area contributed by atoms with Gasteiger partial charge >= 0.3 is 5.97 Å². The summed E-state index contributed by atoms with van der Waals surface area (Å²) < 4.78 is 19.1. The van der Waals surface area contributed by atoms with Crippen molar-refractivity contribution in [3.05, 3.63) is 53.2 Å². The molecule has 148 valence electrons. The van der Waals surface area contributed by atoms with Crippen LogP contribution in [0.2, 0.25) is 0 Å². The van der Waals surface area contributed by atoms with Crippen molar-refractivity contribution in [2.45, 2.75) is 31.9 Å². The fourth-order valence-electron chi connectivity index (χ4n) is 3.20. The van der Waals surface area contributed by atoms with E-state index in [9.17, 15) is 4.79 Å². The highest BCUT2D eigenvalue weighted by atomic mass is 16.5. The lowest BCUT2D eigenvalue weighted by Crippen LogP contribution is -2.07. The molecule has 28 heavy (non-hydrogen) atoms. The summed E-state index contributed by atoms with van der Waals surface area (Å²) in [5.41, 5.74) is 4.09. The normalized spacial score (nSPS) is 13.9. The van der Waals surface area contributed by atoms with Crippen molar-refractivity contribution in [3.8, 4) is 0 Å². The first-order chi connectivity index (χ1) is 13.7. The van der Waals surface area contributed by atoms with Gasteiger partial charge in [-0.3, -0.25) is 4.68 Å². The lowest BCUT2D eigenvalue weighted by molar-refractivity contribution is 0.0545. The zero-order chi connectivity index (χ0) is 19.5. The van der Waals surface area contributed by atoms with Crippen molar-refractivity contribution in [2.24, 2.45) is 0 Å². The maximum absolute atomic E-state index is 12.1. The standard InChI is InChI=1S/C20H24N4O4/c1-26-7-8-28-13-18-17(20(25)27-2)12-24(22-18)11-16-10-23-9-15(14-3-4-14)5-6-19(23)21-16/h5-6,9-10,12,14H,3-4,7-8,11,13H2,1-2H3. The van der Waals surface area contributed by atoms with E-state index < -0.39 is 5.97 Å². The van der Waals surface area contributed by atoms with Gasteiger partial charge in [0.05, 0.1) is 39.2 Å². The summed E-state index contributed by atoms with van der Waals surface area (Å²) in [5.74, 6) is 0.269. The average molecular weight is 384 g/mol. The van der Waals surface area contributed by atoms with Gasteiger partial charge in [-0.15, -0.1) is 0 Å². The molecule has 1 fully saturated rings. The second kappa shape index (κ2) is 8.12. The molecule has 0 bridgehead atoms. The lowest BCUT2D eigenvalue weighted by Gasteiger charge is -2.02. The van der Waals surface area contributed by atoms with E-state index in [1.807, 2.05) is 6.20 Å². The number of carbonyl (C=O) groups excluding carboxylic acids is 1. The molecule has 0 N–H and O–H groups in total. The number of esters is 1. The molecular formula is C20H24N4O4. The molecular weight excluding hydrogens is 360 g/mol. The first-order valence-corrected chi connectivity index (χ1v) is 9.37. The fraction of sp³-hybridized carbons (Fsp3) is 0.450. The van der Waals surface area contributed by atoms with E-state index in [-0.39, 0.29) is 6.61 Å². The van der Waals surface area contributed by atoms with E-state index in [2.05, 4.69) is 32.8 Å². The van der Waals surface area contributed by atoms with Crippen LogP contribution >= 0.6 is 0 Å². The second-order valence-corrected chi connectivity index (χ2v) is 6.96. The molecule has 0 amide bonds. The van der Waals surface area contributed by atoms with E-state index in [0.29, 0.717) is 36.9 Å². The highest BCUT2D eigenvalue weighted by Gasteiger charge is 2.24. The molecule has 1 aliphatic rings. The first kappa shape index (κ1) is 18.6. The largest absolute Gasteiger partial charge is 0.465 e. The molecule has 3 aromatic heterocycles. The van der Waals surface area contributed by atoms with Crippen molar-refractivity contribution in [2.75, 3.05) is 27.4 Å². The number of pyridine rings is 1. The molecule has 0 radical (unpaired) electrons. The Hall–Kier alpha value is -2.71. The van der Waals surface area contributed by atoms with Gasteiger partial charge < -0.3 is 18.6 Å². The molecule has 0 atom stereocenters. The Morgan fingerprint density at radius 3 is 2.79 bits per heavy atom. The predicted octanol–water partition coefficient (Wildman–Crippen LogP) is 2.41. The number of fused-ring (bicyclic) bond motifs is 1. The summed E-state index contributed by atoms with van der Waals surface area (Å²) in [4.78, 5) is 16.7. The Kier molecular flexibility index (Phi) is 5.40. The van der Waals surface area contributed by atoms with Gasteiger partial charge in [-0.25, -0.2) is 9.78 Å². The minimum Gasteiger partial charge on any atom is -0.465 e. The number of imidazole rings is 1. The molecule has 0 saturated heterocycles. The average Bonchev–Trinajstić information content (AvgIpc) is 3.36. The van der Waals surface area contributed by atoms with Crippen molar-refractivity contribution in [1.82, 2.24) is 19.2 Å². The SMILES string of the molecule is COCCOCc1nn(Cc2cn3cc(C4CC4)ccc3n2)cc1C(=O)OC. The summed E-state index contributed by atoms with van der Waals surface area (Å²) in [7, 11) is 2.97. The van der Waals surface area contributed by atoms with E-state index in [4.69, 9.17) is 14.2 Å². The lowest BCUT2D eigenvalue weighted by atomic mass is 10.2. The van der Waals surface area contributed by atoms with Crippen molar-refractivity contribution < 1.29 is 19.0 Å². The number of aromatic nitrogens is 4. The second-order valence-electron chi connectivity index (χ2n) is 6.96. The van der Waals surface area contributed by atoms with Crippen LogP contribution in [0.5, 0.6) is 0 Å². The van der Waals surface area contributed by atoms with Gasteiger partial charge in [0.1, 0.15) is 16.9 Å². The highest BCUT2D eigenvalue weighted by molar-refractivity contribution is 5.90. The molecule has 4 rings (SSSR count). The number of ether oxygens (including phenoxy) is 3. The summed E-state index contributed by atoms with van der Waals surface area (Å²) in [6.07, 6.45) is 8.38. The van der Waals surface area contributed by atoms with Crippen LogP contribution in [0.3, 0.4) is 0 Å². The smallest absolute Gasteiger partial charge is 0.341 e. The molecule has 8 heteroatoms. The van der Waals surface area contributed by atoms with Crippen LogP contribution in [0.25, 0.3) is 5.65 Å². The number of nitrogens with zero attached hydrogens (tertiary/aromatic N) is 4. The third-order valence-electron chi connectivity index (χ3n) is 4.81.